The first-order valence-electron chi connectivity index (χ1n) is 16.0. The molecule has 13 heteroatoms. The summed E-state index contributed by atoms with van der Waals surface area (Å²) in [6, 6.07) is 15.0. The van der Waals surface area contributed by atoms with Gasteiger partial charge >= 0.3 is 18.3 Å². The summed E-state index contributed by atoms with van der Waals surface area (Å²) < 4.78 is 87.5. The number of methoxy groups -OCH3 is 1. The molecule has 2 aliphatic heterocycles. The number of aliphatic carboxylic acids is 1. The summed E-state index contributed by atoms with van der Waals surface area (Å²) in [6.07, 6.45) is -8.40. The lowest BCUT2D eigenvalue weighted by molar-refractivity contribution is -0.236. The molecule has 0 aromatic heterocycles. The van der Waals surface area contributed by atoms with Gasteiger partial charge in [-0.15, -0.1) is 0 Å². The molecule has 1 amide bonds. The predicted octanol–water partition coefficient (Wildman–Crippen LogP) is 6.82. The van der Waals surface area contributed by atoms with Crippen LogP contribution >= 0.6 is 0 Å². The largest absolute Gasteiger partial charge is 0.496 e. The Morgan fingerprint density at radius 3 is 2.10 bits per heavy atom. The molecule has 7 nitrogen and oxygen atoms in total. The van der Waals surface area contributed by atoms with Gasteiger partial charge in [0.2, 0.25) is 5.91 Å². The molecule has 2 fully saturated rings. The van der Waals surface area contributed by atoms with E-state index in [4.69, 9.17) is 4.74 Å². The maximum absolute atomic E-state index is 14.4. The number of piperidine rings is 2. The van der Waals surface area contributed by atoms with Gasteiger partial charge in [-0.3, -0.25) is 14.6 Å². The molecule has 0 saturated carbocycles. The Morgan fingerprint density at radius 1 is 0.854 bits per heavy atom. The number of nitrogens with zero attached hydrogens (tertiary/aromatic N) is 2. The Morgan fingerprint density at radius 2 is 1.48 bits per heavy atom. The van der Waals surface area contributed by atoms with Crippen LogP contribution in [0.15, 0.2) is 54.6 Å². The first kappa shape index (κ1) is 35.5. The quantitative estimate of drug-likeness (QED) is 0.229. The fraction of sp³-hybridized carbons (Fsp3) is 0.486. The molecule has 3 aromatic carbocycles. The molecule has 0 aliphatic carbocycles. The molecule has 2 N–H and O–H groups in total. The number of hydrogen-bond acceptors (Lipinski definition) is 5. The maximum Gasteiger partial charge on any atom is 0.403 e. The average molecular weight is 680 g/mol. The van der Waals surface area contributed by atoms with Gasteiger partial charge in [0.15, 0.2) is 0 Å². The molecule has 5 rings (SSSR count). The van der Waals surface area contributed by atoms with E-state index in [0.29, 0.717) is 23.2 Å². The number of alkyl halides is 6. The van der Waals surface area contributed by atoms with Crippen LogP contribution in [0.1, 0.15) is 43.2 Å². The SMILES string of the molecule is COc1cccc(CN2CCCCC2)c1-c1cccc2c(C[C@H](NC(=O)C3(C(F)(F)F)CCN(CC(F)(F)F)CC3)C(=O)O)cccc12. The van der Waals surface area contributed by atoms with Gasteiger partial charge in [-0.1, -0.05) is 55.0 Å². The van der Waals surface area contributed by atoms with Gasteiger partial charge in [0.05, 0.1) is 13.7 Å². The number of amides is 1. The molecule has 48 heavy (non-hydrogen) atoms. The number of benzene rings is 3. The minimum absolute atomic E-state index is 0.317. The van der Waals surface area contributed by atoms with Gasteiger partial charge in [0.25, 0.3) is 0 Å². The van der Waals surface area contributed by atoms with Crippen molar-refractivity contribution in [3.05, 3.63) is 65.7 Å². The maximum atomic E-state index is 14.4. The molecular formula is C35H39F6N3O4. The van der Waals surface area contributed by atoms with Crippen LogP contribution in [0.3, 0.4) is 0 Å². The number of nitrogens with one attached hydrogen (secondary N) is 1. The highest BCUT2D eigenvalue weighted by Crippen LogP contribution is 2.47. The Kier molecular flexibility index (Phi) is 10.6. The first-order chi connectivity index (χ1) is 22.7. The summed E-state index contributed by atoms with van der Waals surface area (Å²) in [6.45, 7) is 0.0702. The number of likely N-dealkylation sites (tertiary alicyclic amines) is 2. The van der Waals surface area contributed by atoms with E-state index in [1.54, 1.807) is 25.3 Å². The molecule has 0 unspecified atom stereocenters. The third kappa shape index (κ3) is 7.72. The molecule has 1 atom stereocenters. The Labute approximate surface area is 274 Å². The third-order valence-electron chi connectivity index (χ3n) is 9.57. The van der Waals surface area contributed by atoms with Gasteiger partial charge in [-0.2, -0.15) is 26.3 Å². The van der Waals surface area contributed by atoms with Gasteiger partial charge < -0.3 is 15.2 Å². The number of ether oxygens (including phenoxy) is 1. The zero-order valence-electron chi connectivity index (χ0n) is 26.6. The second kappa shape index (κ2) is 14.3. The van der Waals surface area contributed by atoms with Gasteiger partial charge in [-0.25, -0.2) is 4.79 Å². The fourth-order valence-corrected chi connectivity index (χ4v) is 7.02. The number of carboxylic acid groups (broad SMARTS) is 1. The zero-order chi connectivity index (χ0) is 34.7. The number of hydrogen-bond donors (Lipinski definition) is 2. The van der Waals surface area contributed by atoms with Crippen molar-refractivity contribution in [1.82, 2.24) is 15.1 Å². The van der Waals surface area contributed by atoms with E-state index < -0.39 is 68.2 Å². The molecule has 0 radical (unpaired) electrons. The summed E-state index contributed by atoms with van der Waals surface area (Å²) in [4.78, 5) is 28.9. The van der Waals surface area contributed by atoms with Crippen molar-refractivity contribution in [2.24, 2.45) is 5.41 Å². The zero-order valence-corrected chi connectivity index (χ0v) is 26.6. The molecule has 3 aromatic rings. The van der Waals surface area contributed by atoms with Gasteiger partial charge in [0.1, 0.15) is 17.2 Å². The number of halogens is 6. The van der Waals surface area contributed by atoms with Crippen molar-refractivity contribution >= 4 is 22.6 Å². The summed E-state index contributed by atoms with van der Waals surface area (Å²) in [5, 5.41) is 13.6. The summed E-state index contributed by atoms with van der Waals surface area (Å²) in [5.41, 5.74) is 0.277. The van der Waals surface area contributed by atoms with Crippen LogP contribution in [0.25, 0.3) is 21.9 Å². The first-order valence-corrected chi connectivity index (χ1v) is 16.0. The summed E-state index contributed by atoms with van der Waals surface area (Å²) >= 11 is 0. The van der Waals surface area contributed by atoms with Crippen molar-refractivity contribution < 1.29 is 45.8 Å². The second-order valence-corrected chi connectivity index (χ2v) is 12.7. The fourth-order valence-electron chi connectivity index (χ4n) is 7.02. The number of carbonyl (C=O) groups excluding carboxylic acids is 1. The highest BCUT2D eigenvalue weighted by Gasteiger charge is 2.61. The number of fused-ring (bicyclic) bond motifs is 1. The Bertz CT molecular complexity index is 1610. The predicted molar refractivity (Wildman–Crippen MR) is 169 cm³/mol. The molecule has 2 heterocycles. The van der Waals surface area contributed by atoms with Crippen molar-refractivity contribution in [3.8, 4) is 16.9 Å². The van der Waals surface area contributed by atoms with Crippen LogP contribution in [0.5, 0.6) is 5.75 Å². The number of carbonyl (C=O) groups is 2. The van der Waals surface area contributed by atoms with E-state index in [-0.39, 0.29) is 6.42 Å². The lowest BCUT2D eigenvalue weighted by atomic mass is 9.76. The lowest BCUT2D eigenvalue weighted by Crippen LogP contribution is -2.59. The lowest BCUT2D eigenvalue weighted by Gasteiger charge is -2.42. The normalized spacial score (nSPS) is 18.4. The van der Waals surface area contributed by atoms with Crippen LogP contribution in [0, 0.1) is 5.41 Å². The Balaban J connectivity index is 1.44. The third-order valence-corrected chi connectivity index (χ3v) is 9.57. The van der Waals surface area contributed by atoms with E-state index in [2.05, 4.69) is 16.3 Å². The summed E-state index contributed by atoms with van der Waals surface area (Å²) in [7, 11) is 1.59. The molecule has 2 saturated heterocycles. The molecular weight excluding hydrogens is 640 g/mol. The number of rotatable bonds is 10. The van der Waals surface area contributed by atoms with Crippen molar-refractivity contribution in [1.29, 1.82) is 0 Å². The topological polar surface area (TPSA) is 82.1 Å². The molecule has 2 aliphatic rings. The minimum atomic E-state index is -5.10. The van der Waals surface area contributed by atoms with Crippen LogP contribution in [0.4, 0.5) is 26.3 Å². The van der Waals surface area contributed by atoms with Crippen LogP contribution < -0.4 is 10.1 Å². The van der Waals surface area contributed by atoms with Gasteiger partial charge in [-0.05, 0) is 85.4 Å². The van der Waals surface area contributed by atoms with Crippen LogP contribution in [-0.2, 0) is 22.6 Å². The molecule has 0 spiro atoms. The van der Waals surface area contributed by atoms with E-state index >= 15 is 0 Å². The standard InChI is InChI=1S/C35H39F6N3O4/c1-48-29-13-6-9-24(21-43-16-3-2-4-17-43)30(29)27-12-7-10-25-23(8-5-11-26(25)27)20-28(31(45)46)42-32(47)33(35(39,40)41)14-18-44(19-15-33)22-34(36,37)38/h5-13,28H,2-4,14-22H2,1H3,(H,42,47)(H,45,46)/t28-/m0/s1. The minimum Gasteiger partial charge on any atom is -0.496 e. The highest BCUT2D eigenvalue weighted by molar-refractivity contribution is 6.00. The monoisotopic (exact) mass is 679 g/mol. The van der Waals surface area contributed by atoms with Crippen molar-refractivity contribution in [3.63, 3.8) is 0 Å². The second-order valence-electron chi connectivity index (χ2n) is 12.7. The van der Waals surface area contributed by atoms with E-state index in [9.17, 15) is 41.0 Å². The summed E-state index contributed by atoms with van der Waals surface area (Å²) in [5.74, 6) is -2.42. The highest BCUT2D eigenvalue weighted by atomic mass is 19.4. The van der Waals surface area contributed by atoms with Gasteiger partial charge in [0, 0.05) is 18.5 Å². The van der Waals surface area contributed by atoms with E-state index in [1.807, 2.05) is 30.3 Å². The van der Waals surface area contributed by atoms with Crippen molar-refractivity contribution in [2.75, 3.05) is 39.8 Å². The van der Waals surface area contributed by atoms with Crippen molar-refractivity contribution in [2.45, 2.75) is 63.5 Å². The Hall–Kier alpha value is -3.84. The number of carboxylic acids is 1. The smallest absolute Gasteiger partial charge is 0.403 e. The average Bonchev–Trinajstić information content (AvgIpc) is 3.03. The van der Waals surface area contributed by atoms with Crippen LogP contribution in [-0.4, -0.2) is 85.0 Å². The molecule has 260 valence electrons. The van der Waals surface area contributed by atoms with E-state index in [1.165, 1.54) is 6.42 Å². The van der Waals surface area contributed by atoms with Crippen LogP contribution in [0.2, 0.25) is 0 Å². The molecule has 0 bridgehead atoms. The van der Waals surface area contributed by atoms with E-state index in [0.717, 1.165) is 52.9 Å².